The molecule has 0 saturated carbocycles. The highest BCUT2D eigenvalue weighted by atomic mass is 16.5. The first-order chi connectivity index (χ1) is 13.1. The summed E-state index contributed by atoms with van der Waals surface area (Å²) in [5.41, 5.74) is 0.832. The van der Waals surface area contributed by atoms with Gasteiger partial charge in [-0.2, -0.15) is 0 Å². The number of piperidine rings is 1. The number of likely N-dealkylation sites (tertiary alicyclic amines) is 1. The number of benzene rings is 2. The van der Waals surface area contributed by atoms with Crippen LogP contribution in [0.15, 0.2) is 48.5 Å². The Morgan fingerprint density at radius 3 is 2.59 bits per heavy atom. The third-order valence-corrected chi connectivity index (χ3v) is 5.29. The zero-order valence-corrected chi connectivity index (χ0v) is 15.2. The van der Waals surface area contributed by atoms with E-state index in [0.29, 0.717) is 49.4 Å². The molecule has 2 aromatic carbocycles. The van der Waals surface area contributed by atoms with Gasteiger partial charge in [0.05, 0.1) is 19.1 Å². The van der Waals surface area contributed by atoms with Crippen molar-refractivity contribution in [1.29, 1.82) is 0 Å². The number of anilines is 1. The van der Waals surface area contributed by atoms with E-state index in [0.717, 1.165) is 5.69 Å². The SMILES string of the molecule is COc1ccc2c(c1)OC1(CCN(C(=O)Nc3ccccc3)CC1)CC2=O. The fraction of sp³-hybridized carbons (Fsp3) is 0.333. The zero-order valence-electron chi connectivity index (χ0n) is 15.2. The zero-order chi connectivity index (χ0) is 18.9. The molecule has 4 rings (SSSR count). The van der Waals surface area contributed by atoms with Gasteiger partial charge in [-0.15, -0.1) is 0 Å². The summed E-state index contributed by atoms with van der Waals surface area (Å²) in [5, 5.41) is 2.91. The van der Waals surface area contributed by atoms with Gasteiger partial charge >= 0.3 is 6.03 Å². The molecule has 0 bridgehead atoms. The monoisotopic (exact) mass is 366 g/mol. The van der Waals surface area contributed by atoms with Gasteiger partial charge in [-0.25, -0.2) is 4.79 Å². The van der Waals surface area contributed by atoms with Gasteiger partial charge in [-0.1, -0.05) is 18.2 Å². The molecule has 0 radical (unpaired) electrons. The Morgan fingerprint density at radius 1 is 1.15 bits per heavy atom. The number of nitrogens with one attached hydrogen (secondary N) is 1. The molecule has 1 spiro atoms. The summed E-state index contributed by atoms with van der Waals surface area (Å²) in [6.07, 6.45) is 1.59. The van der Waals surface area contributed by atoms with Gasteiger partial charge in [-0.05, 0) is 24.3 Å². The number of Topliss-reactive ketones (excluding diaryl/α,β-unsaturated/α-hetero) is 1. The number of hydrogen-bond acceptors (Lipinski definition) is 4. The predicted octanol–water partition coefficient (Wildman–Crippen LogP) is 3.73. The molecule has 27 heavy (non-hydrogen) atoms. The fourth-order valence-corrected chi connectivity index (χ4v) is 3.72. The molecule has 2 aliphatic rings. The summed E-state index contributed by atoms with van der Waals surface area (Å²) in [7, 11) is 1.59. The molecule has 0 unspecified atom stereocenters. The van der Waals surface area contributed by atoms with E-state index in [1.807, 2.05) is 30.3 Å². The Hall–Kier alpha value is -3.02. The van der Waals surface area contributed by atoms with Crippen LogP contribution in [-0.4, -0.2) is 42.5 Å². The number of carbonyl (C=O) groups excluding carboxylic acids is 2. The molecule has 0 atom stereocenters. The Labute approximate surface area is 158 Å². The van der Waals surface area contributed by atoms with Gasteiger partial charge in [0.2, 0.25) is 0 Å². The van der Waals surface area contributed by atoms with Crippen molar-refractivity contribution in [1.82, 2.24) is 4.90 Å². The maximum Gasteiger partial charge on any atom is 0.321 e. The topological polar surface area (TPSA) is 67.9 Å². The molecule has 2 amide bonds. The Bertz CT molecular complexity index is 858. The standard InChI is InChI=1S/C21H22N2O4/c1-26-16-7-8-17-18(24)14-21(27-19(17)13-16)9-11-23(12-10-21)20(25)22-15-5-3-2-4-6-15/h2-8,13H,9-12,14H2,1H3,(H,22,25). The lowest BCUT2D eigenvalue weighted by Gasteiger charge is -2.43. The number of nitrogens with zero attached hydrogens (tertiary/aromatic N) is 1. The van der Waals surface area contributed by atoms with Crippen molar-refractivity contribution in [2.45, 2.75) is 24.9 Å². The van der Waals surface area contributed by atoms with Gasteiger partial charge in [0.1, 0.15) is 17.1 Å². The van der Waals surface area contributed by atoms with E-state index in [9.17, 15) is 9.59 Å². The number of hydrogen-bond donors (Lipinski definition) is 1. The second-order valence-electron chi connectivity index (χ2n) is 7.03. The smallest absolute Gasteiger partial charge is 0.321 e. The predicted molar refractivity (Wildman–Crippen MR) is 102 cm³/mol. The van der Waals surface area contributed by atoms with Crippen LogP contribution in [0.4, 0.5) is 10.5 Å². The molecule has 1 N–H and O–H groups in total. The van der Waals surface area contributed by atoms with Crippen LogP contribution < -0.4 is 14.8 Å². The van der Waals surface area contributed by atoms with Crippen LogP contribution in [0.25, 0.3) is 0 Å². The first kappa shape index (κ1) is 17.4. The van der Waals surface area contributed by atoms with Crippen LogP contribution >= 0.6 is 0 Å². The third-order valence-electron chi connectivity index (χ3n) is 5.29. The Kier molecular flexibility index (Phi) is 4.48. The lowest BCUT2D eigenvalue weighted by Crippen LogP contribution is -2.53. The van der Waals surface area contributed by atoms with E-state index in [2.05, 4.69) is 5.32 Å². The summed E-state index contributed by atoms with van der Waals surface area (Å²) < 4.78 is 11.5. The molecule has 0 aromatic heterocycles. The van der Waals surface area contributed by atoms with E-state index in [1.165, 1.54) is 0 Å². The minimum Gasteiger partial charge on any atom is -0.497 e. The number of methoxy groups -OCH3 is 1. The second kappa shape index (κ2) is 6.95. The van der Waals surface area contributed by atoms with Crippen molar-refractivity contribution in [2.24, 2.45) is 0 Å². The summed E-state index contributed by atoms with van der Waals surface area (Å²) in [6, 6.07) is 14.6. The van der Waals surface area contributed by atoms with E-state index in [4.69, 9.17) is 9.47 Å². The van der Waals surface area contributed by atoms with E-state index >= 15 is 0 Å². The number of ether oxygens (including phenoxy) is 2. The van der Waals surface area contributed by atoms with Crippen molar-refractivity contribution in [2.75, 3.05) is 25.5 Å². The number of fused-ring (bicyclic) bond motifs is 1. The maximum atomic E-state index is 12.6. The number of para-hydroxylation sites is 1. The van der Waals surface area contributed by atoms with Crippen molar-refractivity contribution in [3.05, 3.63) is 54.1 Å². The van der Waals surface area contributed by atoms with Crippen molar-refractivity contribution < 1.29 is 19.1 Å². The summed E-state index contributed by atoms with van der Waals surface area (Å²) in [4.78, 5) is 26.8. The minimum atomic E-state index is -0.542. The maximum absolute atomic E-state index is 12.6. The third kappa shape index (κ3) is 3.47. The van der Waals surface area contributed by atoms with E-state index in [1.54, 1.807) is 30.2 Å². The molecule has 6 nitrogen and oxygen atoms in total. The first-order valence-electron chi connectivity index (χ1n) is 9.10. The van der Waals surface area contributed by atoms with Gasteiger partial charge < -0.3 is 19.7 Å². The number of ketones is 1. The molecule has 6 heteroatoms. The quantitative estimate of drug-likeness (QED) is 0.879. The number of rotatable bonds is 2. The number of urea groups is 1. The van der Waals surface area contributed by atoms with Crippen molar-refractivity contribution in [3.63, 3.8) is 0 Å². The summed E-state index contributed by atoms with van der Waals surface area (Å²) in [5.74, 6) is 1.33. The lowest BCUT2D eigenvalue weighted by atomic mass is 9.82. The van der Waals surface area contributed by atoms with Crippen LogP contribution in [-0.2, 0) is 0 Å². The average molecular weight is 366 g/mol. The highest BCUT2D eigenvalue weighted by Gasteiger charge is 2.43. The van der Waals surface area contributed by atoms with Crippen molar-refractivity contribution in [3.8, 4) is 11.5 Å². The molecular weight excluding hydrogens is 344 g/mol. The van der Waals surface area contributed by atoms with E-state index in [-0.39, 0.29) is 11.8 Å². The van der Waals surface area contributed by atoms with Crippen molar-refractivity contribution >= 4 is 17.5 Å². The molecule has 1 saturated heterocycles. The van der Waals surface area contributed by atoms with Gasteiger partial charge in [0.25, 0.3) is 0 Å². The Balaban J connectivity index is 1.44. The van der Waals surface area contributed by atoms with Gasteiger partial charge in [0, 0.05) is 37.7 Å². The molecule has 140 valence electrons. The van der Waals surface area contributed by atoms with Gasteiger partial charge in [-0.3, -0.25) is 4.79 Å². The first-order valence-corrected chi connectivity index (χ1v) is 9.10. The molecule has 1 fully saturated rings. The van der Waals surface area contributed by atoms with Gasteiger partial charge in [0.15, 0.2) is 5.78 Å². The van der Waals surface area contributed by atoms with Crippen LogP contribution in [0.1, 0.15) is 29.6 Å². The molecule has 0 aliphatic carbocycles. The summed E-state index contributed by atoms with van der Waals surface area (Å²) in [6.45, 7) is 1.09. The number of amides is 2. The van der Waals surface area contributed by atoms with Crippen LogP contribution in [0.2, 0.25) is 0 Å². The molecule has 2 aromatic rings. The second-order valence-corrected chi connectivity index (χ2v) is 7.03. The highest BCUT2D eigenvalue weighted by molar-refractivity contribution is 6.00. The van der Waals surface area contributed by atoms with Crippen LogP contribution in [0, 0.1) is 0 Å². The minimum absolute atomic E-state index is 0.0843. The fourth-order valence-electron chi connectivity index (χ4n) is 3.72. The highest BCUT2D eigenvalue weighted by Crippen LogP contribution is 2.40. The van der Waals surface area contributed by atoms with Crippen LogP contribution in [0.5, 0.6) is 11.5 Å². The van der Waals surface area contributed by atoms with Crippen LogP contribution in [0.3, 0.4) is 0 Å². The molecule has 2 heterocycles. The summed E-state index contributed by atoms with van der Waals surface area (Å²) >= 11 is 0. The number of carbonyl (C=O) groups is 2. The normalized spacial score (nSPS) is 17.8. The largest absolute Gasteiger partial charge is 0.497 e. The molecule has 2 aliphatic heterocycles. The average Bonchev–Trinajstić information content (AvgIpc) is 2.68. The van der Waals surface area contributed by atoms with E-state index < -0.39 is 5.60 Å². The lowest BCUT2D eigenvalue weighted by molar-refractivity contribution is 0.000264. The molecular formula is C21H22N2O4. The Morgan fingerprint density at radius 2 is 1.89 bits per heavy atom.